The van der Waals surface area contributed by atoms with Gasteiger partial charge in [0.15, 0.2) is 0 Å². The first-order valence-electron chi connectivity index (χ1n) is 6.66. The van der Waals surface area contributed by atoms with Crippen LogP contribution in [-0.4, -0.2) is 6.61 Å². The molecule has 0 aromatic heterocycles. The van der Waals surface area contributed by atoms with Gasteiger partial charge in [-0.1, -0.05) is 30.7 Å². The second kappa shape index (κ2) is 6.53. The molecule has 2 aromatic carbocycles. The third kappa shape index (κ3) is 3.36. The number of halogens is 1. The number of nitrogen functional groups attached to an aromatic ring is 1. The molecule has 0 bridgehead atoms. The summed E-state index contributed by atoms with van der Waals surface area (Å²) >= 11 is 6.22. The van der Waals surface area contributed by atoms with Gasteiger partial charge in [-0.3, -0.25) is 0 Å². The van der Waals surface area contributed by atoms with Crippen molar-refractivity contribution in [1.82, 2.24) is 0 Å². The molecule has 20 heavy (non-hydrogen) atoms. The highest BCUT2D eigenvalue weighted by atomic mass is 35.5. The summed E-state index contributed by atoms with van der Waals surface area (Å²) in [5.74, 6) is 0.695. The van der Waals surface area contributed by atoms with Gasteiger partial charge in [0.05, 0.1) is 28.7 Å². The van der Waals surface area contributed by atoms with Crippen molar-refractivity contribution in [3.05, 3.63) is 47.0 Å². The maximum atomic E-state index is 6.22. The van der Waals surface area contributed by atoms with Crippen LogP contribution in [-0.2, 0) is 0 Å². The third-order valence-corrected chi connectivity index (χ3v) is 3.23. The number of ether oxygens (including phenoxy) is 1. The molecule has 0 unspecified atom stereocenters. The van der Waals surface area contributed by atoms with Crippen LogP contribution < -0.4 is 15.8 Å². The van der Waals surface area contributed by atoms with Crippen molar-refractivity contribution in [2.75, 3.05) is 17.7 Å². The number of hydrogen-bond acceptors (Lipinski definition) is 3. The number of rotatable bonds is 5. The van der Waals surface area contributed by atoms with E-state index in [0.29, 0.717) is 23.1 Å². The second-order valence-electron chi connectivity index (χ2n) is 4.67. The minimum absolute atomic E-state index is 0.595. The summed E-state index contributed by atoms with van der Waals surface area (Å²) in [4.78, 5) is 0. The molecule has 0 saturated carbocycles. The molecule has 2 rings (SSSR count). The zero-order chi connectivity index (χ0) is 14.5. The van der Waals surface area contributed by atoms with E-state index in [4.69, 9.17) is 22.1 Å². The van der Waals surface area contributed by atoms with Crippen LogP contribution in [0, 0.1) is 6.92 Å². The van der Waals surface area contributed by atoms with Gasteiger partial charge < -0.3 is 15.8 Å². The number of benzene rings is 2. The average Bonchev–Trinajstić information content (AvgIpc) is 2.42. The number of nitrogens with two attached hydrogens (primary N) is 1. The van der Waals surface area contributed by atoms with Crippen LogP contribution in [0.3, 0.4) is 0 Å². The highest BCUT2D eigenvalue weighted by Gasteiger charge is 2.08. The maximum Gasteiger partial charge on any atom is 0.144 e. The molecular formula is C16H19ClN2O. The standard InChI is InChI=1S/C16H19ClN2O/c1-3-9-20-15-6-4-5-14(16(15)18)19-13-8-7-11(2)10-12(13)17/h4-8,10,19H,3,9,18H2,1-2H3. The Balaban J connectivity index is 2.24. The quantitative estimate of drug-likeness (QED) is 0.780. The summed E-state index contributed by atoms with van der Waals surface area (Å²) in [5, 5.41) is 3.92. The summed E-state index contributed by atoms with van der Waals surface area (Å²) in [6.45, 7) is 4.71. The van der Waals surface area contributed by atoms with E-state index in [9.17, 15) is 0 Å². The van der Waals surface area contributed by atoms with Gasteiger partial charge >= 0.3 is 0 Å². The summed E-state index contributed by atoms with van der Waals surface area (Å²) in [7, 11) is 0. The Hall–Kier alpha value is -1.87. The number of anilines is 3. The van der Waals surface area contributed by atoms with E-state index in [0.717, 1.165) is 23.4 Å². The monoisotopic (exact) mass is 290 g/mol. The predicted octanol–water partition coefficient (Wildman–Crippen LogP) is 4.76. The van der Waals surface area contributed by atoms with Crippen molar-refractivity contribution in [2.24, 2.45) is 0 Å². The Kier molecular flexibility index (Phi) is 4.74. The van der Waals surface area contributed by atoms with Crippen LogP contribution in [0.25, 0.3) is 0 Å². The van der Waals surface area contributed by atoms with E-state index >= 15 is 0 Å². The van der Waals surface area contributed by atoms with Gasteiger partial charge in [0.1, 0.15) is 5.75 Å². The van der Waals surface area contributed by atoms with Crippen LogP contribution >= 0.6 is 11.6 Å². The topological polar surface area (TPSA) is 47.3 Å². The molecule has 0 saturated heterocycles. The molecule has 4 heteroatoms. The molecule has 0 fully saturated rings. The first-order valence-corrected chi connectivity index (χ1v) is 7.04. The molecule has 0 amide bonds. The number of nitrogens with one attached hydrogen (secondary N) is 1. The zero-order valence-corrected chi connectivity index (χ0v) is 12.5. The molecule has 0 aliphatic heterocycles. The Morgan fingerprint density at radius 2 is 2.00 bits per heavy atom. The van der Waals surface area contributed by atoms with Crippen molar-refractivity contribution in [3.8, 4) is 5.75 Å². The van der Waals surface area contributed by atoms with E-state index < -0.39 is 0 Å². The lowest BCUT2D eigenvalue weighted by Gasteiger charge is -2.14. The third-order valence-electron chi connectivity index (χ3n) is 2.92. The molecule has 0 aliphatic carbocycles. The molecule has 0 radical (unpaired) electrons. The predicted molar refractivity (Wildman–Crippen MR) is 86.1 cm³/mol. The summed E-state index contributed by atoms with van der Waals surface area (Å²) in [6.07, 6.45) is 0.945. The fraction of sp³-hybridized carbons (Fsp3) is 0.250. The molecule has 2 aromatic rings. The van der Waals surface area contributed by atoms with Crippen molar-refractivity contribution in [2.45, 2.75) is 20.3 Å². The van der Waals surface area contributed by atoms with Gasteiger partial charge in [-0.25, -0.2) is 0 Å². The summed E-state index contributed by atoms with van der Waals surface area (Å²) < 4.78 is 5.62. The number of hydrogen-bond donors (Lipinski definition) is 2. The molecule has 0 atom stereocenters. The maximum absolute atomic E-state index is 6.22. The number of aryl methyl sites for hydroxylation is 1. The summed E-state index contributed by atoms with van der Waals surface area (Å²) in [6, 6.07) is 11.5. The molecule has 0 heterocycles. The van der Waals surface area contributed by atoms with Crippen molar-refractivity contribution < 1.29 is 4.74 Å². The van der Waals surface area contributed by atoms with Crippen LogP contribution in [0.15, 0.2) is 36.4 Å². The minimum atomic E-state index is 0.595. The van der Waals surface area contributed by atoms with Gasteiger partial charge in [0.25, 0.3) is 0 Å². The van der Waals surface area contributed by atoms with Crippen LogP contribution in [0.5, 0.6) is 5.75 Å². The Morgan fingerprint density at radius 1 is 1.20 bits per heavy atom. The Morgan fingerprint density at radius 3 is 2.70 bits per heavy atom. The molecule has 0 aliphatic rings. The zero-order valence-electron chi connectivity index (χ0n) is 11.7. The molecule has 0 spiro atoms. The summed E-state index contributed by atoms with van der Waals surface area (Å²) in [5.41, 5.74) is 9.46. The highest BCUT2D eigenvalue weighted by molar-refractivity contribution is 6.33. The Labute approximate surface area is 124 Å². The molecule has 106 valence electrons. The Bertz CT molecular complexity index is 599. The average molecular weight is 291 g/mol. The lowest BCUT2D eigenvalue weighted by Crippen LogP contribution is -2.02. The van der Waals surface area contributed by atoms with E-state index in [2.05, 4.69) is 12.2 Å². The SMILES string of the molecule is CCCOc1cccc(Nc2ccc(C)cc2Cl)c1N. The van der Waals surface area contributed by atoms with Gasteiger partial charge in [-0.15, -0.1) is 0 Å². The second-order valence-corrected chi connectivity index (χ2v) is 5.08. The largest absolute Gasteiger partial charge is 0.491 e. The normalized spacial score (nSPS) is 10.3. The fourth-order valence-corrected chi connectivity index (χ4v) is 2.14. The smallest absolute Gasteiger partial charge is 0.144 e. The van der Waals surface area contributed by atoms with Crippen molar-refractivity contribution in [1.29, 1.82) is 0 Å². The van der Waals surface area contributed by atoms with Crippen molar-refractivity contribution >= 4 is 28.7 Å². The van der Waals surface area contributed by atoms with E-state index in [1.807, 2.05) is 43.3 Å². The van der Waals surface area contributed by atoms with Crippen LogP contribution in [0.4, 0.5) is 17.1 Å². The lowest BCUT2D eigenvalue weighted by molar-refractivity contribution is 0.319. The highest BCUT2D eigenvalue weighted by Crippen LogP contribution is 2.34. The first kappa shape index (κ1) is 14.5. The van der Waals surface area contributed by atoms with Crippen LogP contribution in [0.2, 0.25) is 5.02 Å². The minimum Gasteiger partial charge on any atom is -0.491 e. The van der Waals surface area contributed by atoms with Gasteiger partial charge in [-0.2, -0.15) is 0 Å². The van der Waals surface area contributed by atoms with Crippen LogP contribution in [0.1, 0.15) is 18.9 Å². The van der Waals surface area contributed by atoms with Crippen molar-refractivity contribution in [3.63, 3.8) is 0 Å². The van der Waals surface area contributed by atoms with Gasteiger partial charge in [0, 0.05) is 0 Å². The van der Waals surface area contributed by atoms with E-state index in [-0.39, 0.29) is 0 Å². The molecule has 3 N–H and O–H groups in total. The van der Waals surface area contributed by atoms with Gasteiger partial charge in [-0.05, 0) is 43.2 Å². The molecule has 3 nitrogen and oxygen atoms in total. The molecular weight excluding hydrogens is 272 g/mol. The fourth-order valence-electron chi connectivity index (χ4n) is 1.86. The van der Waals surface area contributed by atoms with E-state index in [1.54, 1.807) is 0 Å². The van der Waals surface area contributed by atoms with E-state index in [1.165, 1.54) is 0 Å². The first-order chi connectivity index (χ1) is 9.61. The lowest BCUT2D eigenvalue weighted by atomic mass is 10.2. The van der Waals surface area contributed by atoms with Gasteiger partial charge in [0.2, 0.25) is 0 Å². The number of para-hydroxylation sites is 1.